The van der Waals surface area contributed by atoms with E-state index in [0.717, 1.165) is 6.08 Å². The molecule has 3 N–H and O–H groups in total. The molecule has 2 unspecified atom stereocenters. The summed E-state index contributed by atoms with van der Waals surface area (Å²) in [5.74, 6) is -3.97. The fraction of sp³-hybridized carbons (Fsp3) is 0.273. The molecular weight excluding hydrogens is 289 g/mol. The third-order valence-corrected chi connectivity index (χ3v) is 2.69. The average molecular weight is 299 g/mol. The van der Waals surface area contributed by atoms with Crippen molar-refractivity contribution in [1.82, 2.24) is 0 Å². The number of carbonyl (C=O) groups is 2. The van der Waals surface area contributed by atoms with Crippen molar-refractivity contribution in [1.29, 1.82) is 0 Å². The van der Waals surface area contributed by atoms with Gasteiger partial charge in [-0.1, -0.05) is 0 Å². The molecule has 2 rings (SSSR count). The van der Waals surface area contributed by atoms with Crippen molar-refractivity contribution >= 4 is 23.4 Å². The minimum Gasteiger partial charge on any atom is -0.859 e. The third kappa shape index (κ3) is 3.63. The number of nitrogens with zero attached hydrogens (tertiary/aromatic N) is 4. The van der Waals surface area contributed by atoms with E-state index in [0.29, 0.717) is 5.71 Å². The van der Waals surface area contributed by atoms with E-state index in [-0.39, 0.29) is 41.0 Å². The monoisotopic (exact) mass is 299 g/mol. The molecule has 0 aromatic rings. The van der Waals surface area contributed by atoms with Crippen LogP contribution in [0.15, 0.2) is 44.0 Å². The number of ketones is 1. The van der Waals surface area contributed by atoms with E-state index in [1.54, 1.807) is 6.92 Å². The van der Waals surface area contributed by atoms with Crippen LogP contribution in [-0.4, -0.2) is 34.5 Å². The predicted octanol–water partition coefficient (Wildman–Crippen LogP) is -4.03. The smallest absolute Gasteiger partial charge is 0.859 e. The topological polar surface area (TPSA) is 153 Å². The molecule has 21 heavy (non-hydrogen) atoms. The number of allylic oxidation sites excluding steroid dienone is 2. The Morgan fingerprint density at radius 1 is 1.43 bits per heavy atom. The minimum absolute atomic E-state index is 0. The van der Waals surface area contributed by atoms with E-state index in [1.165, 1.54) is 6.08 Å². The van der Waals surface area contributed by atoms with Crippen LogP contribution in [0.1, 0.15) is 6.92 Å². The van der Waals surface area contributed by atoms with Gasteiger partial charge in [0.2, 0.25) is 0 Å². The van der Waals surface area contributed by atoms with Gasteiger partial charge in [-0.05, 0) is 13.0 Å². The number of carbonyl (C=O) groups excluding carboxylic acids is 1. The molecule has 9 nitrogen and oxygen atoms in total. The van der Waals surface area contributed by atoms with E-state index in [2.05, 4.69) is 20.4 Å². The Hall–Kier alpha value is -1.84. The SMILES string of the molecule is CC1=NN=C([O-])C1N=NC1=CC(=O)C(C(=O)O)C(N)=C1.[Na+]. The van der Waals surface area contributed by atoms with Gasteiger partial charge in [0, 0.05) is 17.7 Å². The summed E-state index contributed by atoms with van der Waals surface area (Å²) in [5, 5.41) is 34.5. The first-order chi connectivity index (χ1) is 9.40. The molecule has 1 aliphatic carbocycles. The number of nitrogens with two attached hydrogens (primary N) is 1. The molecule has 0 radical (unpaired) electrons. The molecule has 0 spiro atoms. The van der Waals surface area contributed by atoms with Gasteiger partial charge in [-0.15, -0.1) is 0 Å². The van der Waals surface area contributed by atoms with Crippen LogP contribution in [0.3, 0.4) is 0 Å². The van der Waals surface area contributed by atoms with Crippen molar-refractivity contribution in [2.24, 2.45) is 32.1 Å². The summed E-state index contributed by atoms with van der Waals surface area (Å²) in [6.07, 6.45) is 2.24. The van der Waals surface area contributed by atoms with Crippen LogP contribution < -0.4 is 40.4 Å². The molecule has 2 aliphatic rings. The van der Waals surface area contributed by atoms with Gasteiger partial charge in [-0.25, -0.2) is 0 Å². The molecule has 1 heterocycles. The Morgan fingerprint density at radius 2 is 2.10 bits per heavy atom. The molecule has 2 atom stereocenters. The van der Waals surface area contributed by atoms with Gasteiger partial charge >= 0.3 is 35.5 Å². The maximum atomic E-state index is 11.6. The van der Waals surface area contributed by atoms with Crippen molar-refractivity contribution in [2.45, 2.75) is 13.0 Å². The summed E-state index contributed by atoms with van der Waals surface area (Å²) in [6.45, 7) is 1.57. The van der Waals surface area contributed by atoms with Crippen molar-refractivity contribution in [3.05, 3.63) is 23.5 Å². The van der Waals surface area contributed by atoms with Crippen LogP contribution in [0.25, 0.3) is 0 Å². The first kappa shape index (κ1) is 17.2. The summed E-state index contributed by atoms with van der Waals surface area (Å²) >= 11 is 0. The normalized spacial score (nSPS) is 24.9. The van der Waals surface area contributed by atoms with Crippen LogP contribution in [0.2, 0.25) is 0 Å². The predicted molar refractivity (Wildman–Crippen MR) is 65.7 cm³/mol. The van der Waals surface area contributed by atoms with E-state index < -0.39 is 29.6 Å². The maximum Gasteiger partial charge on any atom is 1.00 e. The molecule has 0 bridgehead atoms. The molecule has 0 saturated carbocycles. The number of aliphatic carboxylic acids is 1. The molecule has 104 valence electrons. The number of rotatable bonds is 3. The first-order valence-corrected chi connectivity index (χ1v) is 5.55. The Bertz CT molecular complexity index is 617. The van der Waals surface area contributed by atoms with Crippen LogP contribution in [0.5, 0.6) is 0 Å². The number of azo groups is 1. The van der Waals surface area contributed by atoms with Crippen LogP contribution in [0.4, 0.5) is 0 Å². The first-order valence-electron chi connectivity index (χ1n) is 5.55. The minimum atomic E-state index is -1.40. The van der Waals surface area contributed by atoms with Crippen molar-refractivity contribution in [3.8, 4) is 0 Å². The zero-order valence-electron chi connectivity index (χ0n) is 11.3. The van der Waals surface area contributed by atoms with Gasteiger partial charge in [-0.3, -0.25) is 9.59 Å². The van der Waals surface area contributed by atoms with Crippen molar-refractivity contribution in [2.75, 3.05) is 0 Å². The Labute approximate surface area is 141 Å². The summed E-state index contributed by atoms with van der Waals surface area (Å²) in [5.41, 5.74) is 5.85. The number of carboxylic acid groups (broad SMARTS) is 1. The van der Waals surface area contributed by atoms with E-state index in [1.807, 2.05) is 0 Å². The van der Waals surface area contributed by atoms with Gasteiger partial charge in [0.05, 0.1) is 11.4 Å². The van der Waals surface area contributed by atoms with Crippen LogP contribution in [-0.2, 0) is 9.59 Å². The number of carboxylic acids is 1. The molecule has 0 amide bonds. The number of hydrogen-bond donors (Lipinski definition) is 2. The summed E-state index contributed by atoms with van der Waals surface area (Å²) in [7, 11) is 0. The fourth-order valence-electron chi connectivity index (χ4n) is 1.68. The molecule has 10 heteroatoms. The summed E-state index contributed by atoms with van der Waals surface area (Å²) in [6, 6.07) is -0.905. The Balaban J connectivity index is 0.00000220. The summed E-state index contributed by atoms with van der Waals surface area (Å²) in [4.78, 5) is 22.4. The Morgan fingerprint density at radius 3 is 2.57 bits per heavy atom. The average Bonchev–Trinajstić information content (AvgIpc) is 2.65. The standard InChI is InChI=1S/C11H11N5O4.Na/c1-4-9(10(18)16-13-4)15-14-5-2-6(12)8(11(19)20)7(17)3-5;/h2-3,8-9H,12H2,1H3,(H,16,18)(H,19,20);/q;+1/p-1. The zero-order valence-corrected chi connectivity index (χ0v) is 13.3. The van der Waals surface area contributed by atoms with Gasteiger partial charge in [0.15, 0.2) is 11.7 Å². The third-order valence-electron chi connectivity index (χ3n) is 2.69. The van der Waals surface area contributed by atoms with E-state index in [9.17, 15) is 14.7 Å². The fourth-order valence-corrected chi connectivity index (χ4v) is 1.68. The van der Waals surface area contributed by atoms with Crippen molar-refractivity contribution < 1.29 is 49.4 Å². The van der Waals surface area contributed by atoms with Gasteiger partial charge < -0.3 is 15.9 Å². The molecule has 0 saturated heterocycles. The number of hydrogen-bond acceptors (Lipinski definition) is 8. The van der Waals surface area contributed by atoms with E-state index in [4.69, 9.17) is 10.8 Å². The van der Waals surface area contributed by atoms with Crippen LogP contribution in [0, 0.1) is 5.92 Å². The van der Waals surface area contributed by atoms with Gasteiger partial charge in [-0.2, -0.15) is 20.4 Å². The zero-order chi connectivity index (χ0) is 14.9. The van der Waals surface area contributed by atoms with Gasteiger partial charge in [0.25, 0.3) is 0 Å². The molecule has 0 fully saturated rings. The molecular formula is C11H10N5NaO4. The molecule has 0 aromatic heterocycles. The second kappa shape index (κ2) is 6.74. The summed E-state index contributed by atoms with van der Waals surface area (Å²) < 4.78 is 0. The molecule has 1 aliphatic heterocycles. The molecule has 0 aromatic carbocycles. The van der Waals surface area contributed by atoms with Crippen LogP contribution >= 0.6 is 0 Å². The largest absolute Gasteiger partial charge is 1.00 e. The second-order valence-corrected chi connectivity index (χ2v) is 4.18. The second-order valence-electron chi connectivity index (χ2n) is 4.18. The van der Waals surface area contributed by atoms with Crippen molar-refractivity contribution in [3.63, 3.8) is 0 Å². The maximum absolute atomic E-state index is 11.6. The quantitative estimate of drug-likeness (QED) is 0.308. The van der Waals surface area contributed by atoms with Gasteiger partial charge in [0.1, 0.15) is 6.04 Å². The Kier molecular flexibility index (Phi) is 5.53. The van der Waals surface area contributed by atoms with E-state index >= 15 is 0 Å².